The van der Waals surface area contributed by atoms with Gasteiger partial charge in [-0.2, -0.15) is 0 Å². The molecule has 1 aromatic carbocycles. The first-order chi connectivity index (χ1) is 8.11. The first-order valence-corrected chi connectivity index (χ1v) is 5.88. The first-order valence-electron chi connectivity index (χ1n) is 5.88. The van der Waals surface area contributed by atoms with Gasteiger partial charge in [0.15, 0.2) is 0 Å². The molecule has 2 rings (SSSR count). The van der Waals surface area contributed by atoms with Crippen LogP contribution in [-0.4, -0.2) is 17.0 Å². The summed E-state index contributed by atoms with van der Waals surface area (Å²) in [5.41, 5.74) is 6.27. The van der Waals surface area contributed by atoms with Crippen LogP contribution >= 0.6 is 0 Å². The van der Waals surface area contributed by atoms with Gasteiger partial charge >= 0.3 is 0 Å². The van der Waals surface area contributed by atoms with Crippen LogP contribution in [0.15, 0.2) is 18.3 Å². The Kier molecular flexibility index (Phi) is 3.29. The van der Waals surface area contributed by atoms with Crippen LogP contribution in [-0.2, 0) is 6.54 Å². The Morgan fingerprint density at radius 2 is 1.82 bits per heavy atom. The van der Waals surface area contributed by atoms with Gasteiger partial charge in [-0.1, -0.05) is 6.07 Å². The lowest BCUT2D eigenvalue weighted by Crippen LogP contribution is -2.06. The molecule has 0 amide bonds. The van der Waals surface area contributed by atoms with Crippen molar-refractivity contribution in [2.45, 2.75) is 27.3 Å². The molecule has 0 aliphatic heterocycles. The van der Waals surface area contributed by atoms with Gasteiger partial charge < -0.3 is 10.3 Å². The molecule has 2 aromatic rings. The smallest absolute Gasteiger partial charge is 0.120 e. The molecular formula is C14H19N3. The quantitative estimate of drug-likeness (QED) is 0.849. The molecule has 0 spiro atoms. The van der Waals surface area contributed by atoms with Crippen molar-refractivity contribution in [3.05, 3.63) is 40.8 Å². The fourth-order valence-electron chi connectivity index (χ4n) is 2.01. The Morgan fingerprint density at radius 3 is 2.53 bits per heavy atom. The second-order valence-corrected chi connectivity index (χ2v) is 4.53. The largest absolute Gasteiger partial charge is 0.341 e. The van der Waals surface area contributed by atoms with E-state index in [-0.39, 0.29) is 0 Å². The number of hydrogen-bond donors (Lipinski definition) is 2. The SMILES string of the molecule is CNCc1ncc(-c2cc(C)c(C)cc2C)[nH]1. The van der Waals surface area contributed by atoms with E-state index in [0.29, 0.717) is 0 Å². The number of rotatable bonds is 3. The lowest BCUT2D eigenvalue weighted by Gasteiger charge is -2.08. The molecule has 0 saturated carbocycles. The Labute approximate surface area is 102 Å². The number of benzene rings is 1. The maximum absolute atomic E-state index is 4.36. The minimum Gasteiger partial charge on any atom is -0.341 e. The van der Waals surface area contributed by atoms with Crippen molar-refractivity contribution < 1.29 is 0 Å². The predicted molar refractivity (Wildman–Crippen MR) is 71.0 cm³/mol. The van der Waals surface area contributed by atoms with Gasteiger partial charge in [-0.25, -0.2) is 4.98 Å². The van der Waals surface area contributed by atoms with Gasteiger partial charge in [0, 0.05) is 5.56 Å². The van der Waals surface area contributed by atoms with Crippen molar-refractivity contribution in [1.29, 1.82) is 0 Å². The number of H-pyrrole nitrogens is 1. The zero-order valence-electron chi connectivity index (χ0n) is 10.9. The number of aromatic amines is 1. The van der Waals surface area contributed by atoms with Crippen LogP contribution < -0.4 is 5.32 Å². The molecule has 0 unspecified atom stereocenters. The van der Waals surface area contributed by atoms with Gasteiger partial charge in [-0.05, 0) is 50.6 Å². The van der Waals surface area contributed by atoms with Crippen LogP contribution in [0.1, 0.15) is 22.5 Å². The molecule has 2 N–H and O–H groups in total. The summed E-state index contributed by atoms with van der Waals surface area (Å²) in [6, 6.07) is 4.45. The lowest BCUT2D eigenvalue weighted by atomic mass is 9.99. The second kappa shape index (κ2) is 4.72. The predicted octanol–water partition coefficient (Wildman–Crippen LogP) is 2.72. The van der Waals surface area contributed by atoms with E-state index in [4.69, 9.17) is 0 Å². The first kappa shape index (κ1) is 11.9. The van der Waals surface area contributed by atoms with Gasteiger partial charge in [0.25, 0.3) is 0 Å². The van der Waals surface area contributed by atoms with E-state index in [2.05, 4.69) is 48.2 Å². The third kappa shape index (κ3) is 2.39. The Hall–Kier alpha value is -1.61. The Morgan fingerprint density at radius 1 is 1.12 bits per heavy atom. The highest BCUT2D eigenvalue weighted by molar-refractivity contribution is 5.64. The van der Waals surface area contributed by atoms with Gasteiger partial charge in [-0.3, -0.25) is 0 Å². The summed E-state index contributed by atoms with van der Waals surface area (Å²) >= 11 is 0. The molecular weight excluding hydrogens is 210 g/mol. The van der Waals surface area contributed by atoms with Crippen molar-refractivity contribution in [2.75, 3.05) is 7.05 Å². The van der Waals surface area contributed by atoms with Crippen molar-refractivity contribution in [2.24, 2.45) is 0 Å². The van der Waals surface area contributed by atoms with Crippen LogP contribution in [0.2, 0.25) is 0 Å². The minimum absolute atomic E-state index is 0.768. The highest BCUT2D eigenvalue weighted by Crippen LogP contribution is 2.24. The van der Waals surface area contributed by atoms with E-state index in [0.717, 1.165) is 18.1 Å². The molecule has 3 heteroatoms. The van der Waals surface area contributed by atoms with Gasteiger partial charge in [-0.15, -0.1) is 0 Å². The highest BCUT2D eigenvalue weighted by Gasteiger charge is 2.07. The average Bonchev–Trinajstić information content (AvgIpc) is 2.72. The molecule has 1 heterocycles. The summed E-state index contributed by atoms with van der Waals surface area (Å²) in [6.45, 7) is 7.19. The van der Waals surface area contributed by atoms with Gasteiger partial charge in [0.2, 0.25) is 0 Å². The van der Waals surface area contributed by atoms with Gasteiger partial charge in [0.05, 0.1) is 18.4 Å². The summed E-state index contributed by atoms with van der Waals surface area (Å²) in [5, 5.41) is 3.09. The molecule has 0 fully saturated rings. The number of aromatic nitrogens is 2. The zero-order valence-corrected chi connectivity index (χ0v) is 10.9. The van der Waals surface area contributed by atoms with E-state index >= 15 is 0 Å². The molecule has 3 nitrogen and oxygen atoms in total. The van der Waals surface area contributed by atoms with E-state index in [1.807, 2.05) is 13.2 Å². The van der Waals surface area contributed by atoms with E-state index in [9.17, 15) is 0 Å². The third-order valence-corrected chi connectivity index (χ3v) is 3.10. The Bertz CT molecular complexity index is 526. The number of nitrogens with one attached hydrogen (secondary N) is 2. The number of imidazole rings is 1. The average molecular weight is 229 g/mol. The molecule has 0 atom stereocenters. The molecule has 0 aliphatic carbocycles. The number of nitrogens with zero attached hydrogens (tertiary/aromatic N) is 1. The van der Waals surface area contributed by atoms with Crippen LogP contribution in [0, 0.1) is 20.8 Å². The normalized spacial score (nSPS) is 10.8. The summed E-state index contributed by atoms with van der Waals surface area (Å²) in [7, 11) is 1.92. The van der Waals surface area contributed by atoms with E-state index in [1.54, 1.807) is 0 Å². The topological polar surface area (TPSA) is 40.7 Å². The molecule has 0 bridgehead atoms. The fraction of sp³-hybridized carbons (Fsp3) is 0.357. The molecule has 0 radical (unpaired) electrons. The van der Waals surface area contributed by atoms with Crippen molar-refractivity contribution >= 4 is 0 Å². The van der Waals surface area contributed by atoms with E-state index in [1.165, 1.54) is 22.3 Å². The fourth-order valence-corrected chi connectivity index (χ4v) is 2.01. The van der Waals surface area contributed by atoms with Crippen molar-refractivity contribution in [3.63, 3.8) is 0 Å². The van der Waals surface area contributed by atoms with Gasteiger partial charge in [0.1, 0.15) is 5.82 Å². The van der Waals surface area contributed by atoms with Crippen LogP contribution in [0.25, 0.3) is 11.3 Å². The van der Waals surface area contributed by atoms with Crippen molar-refractivity contribution in [1.82, 2.24) is 15.3 Å². The number of hydrogen-bond acceptors (Lipinski definition) is 2. The summed E-state index contributed by atoms with van der Waals surface area (Å²) in [6.07, 6.45) is 1.91. The van der Waals surface area contributed by atoms with Crippen molar-refractivity contribution in [3.8, 4) is 11.3 Å². The summed E-state index contributed by atoms with van der Waals surface area (Å²) in [4.78, 5) is 7.70. The Balaban J connectivity index is 2.41. The van der Waals surface area contributed by atoms with E-state index < -0.39 is 0 Å². The molecule has 0 aliphatic rings. The van der Waals surface area contributed by atoms with Crippen LogP contribution in [0.3, 0.4) is 0 Å². The number of aryl methyl sites for hydroxylation is 3. The zero-order chi connectivity index (χ0) is 12.4. The molecule has 1 aromatic heterocycles. The monoisotopic (exact) mass is 229 g/mol. The van der Waals surface area contributed by atoms with Crippen LogP contribution in [0.4, 0.5) is 0 Å². The minimum atomic E-state index is 0.768. The molecule has 17 heavy (non-hydrogen) atoms. The second-order valence-electron chi connectivity index (χ2n) is 4.53. The summed E-state index contributed by atoms with van der Waals surface area (Å²) in [5.74, 6) is 0.972. The molecule has 0 saturated heterocycles. The maximum atomic E-state index is 4.36. The van der Waals surface area contributed by atoms with Crippen LogP contribution in [0.5, 0.6) is 0 Å². The summed E-state index contributed by atoms with van der Waals surface area (Å²) < 4.78 is 0. The lowest BCUT2D eigenvalue weighted by molar-refractivity contribution is 0.772. The maximum Gasteiger partial charge on any atom is 0.120 e. The highest BCUT2D eigenvalue weighted by atomic mass is 15.0. The standard InChI is InChI=1S/C14H19N3/c1-9-5-11(3)12(6-10(9)2)13-7-16-14(17-13)8-15-4/h5-7,15H,8H2,1-4H3,(H,16,17). The molecule has 90 valence electrons. The third-order valence-electron chi connectivity index (χ3n) is 3.10.